The van der Waals surface area contributed by atoms with Gasteiger partial charge in [-0.05, 0) is 58.7 Å². The Morgan fingerprint density at radius 1 is 1.14 bits per heavy atom. The van der Waals surface area contributed by atoms with Gasteiger partial charge in [-0.15, -0.1) is 0 Å². The Hall–Kier alpha value is -1.35. The molecule has 2 saturated heterocycles. The van der Waals surface area contributed by atoms with Crippen molar-refractivity contribution in [3.8, 4) is 5.75 Å². The van der Waals surface area contributed by atoms with Crippen LogP contribution in [0.4, 0.5) is 0 Å². The number of hydrogen-bond donors (Lipinski definition) is 0. The lowest BCUT2D eigenvalue weighted by molar-refractivity contribution is -0.141. The molecule has 1 aromatic rings. The summed E-state index contributed by atoms with van der Waals surface area (Å²) in [5.74, 6) is 1.06. The molecule has 3 aliphatic rings. The second-order valence-corrected chi connectivity index (χ2v) is 7.85. The van der Waals surface area contributed by atoms with E-state index in [1.807, 2.05) is 25.1 Å². The van der Waals surface area contributed by atoms with Gasteiger partial charge < -0.3 is 4.74 Å². The molecule has 0 aliphatic carbocycles. The fraction of sp³-hybridized carbons (Fsp3) is 0.632. The zero-order chi connectivity index (χ0) is 15.8. The van der Waals surface area contributed by atoms with Crippen LogP contribution in [0.3, 0.4) is 0 Å². The minimum absolute atomic E-state index is 0.100. The molecule has 1 aromatic carbocycles. The van der Waals surface area contributed by atoms with Gasteiger partial charge in [-0.25, -0.2) is 0 Å². The van der Waals surface area contributed by atoms with Crippen molar-refractivity contribution in [2.24, 2.45) is 5.41 Å². The third-order valence-corrected chi connectivity index (χ3v) is 7.03. The molecule has 4 rings (SSSR count). The first-order valence-electron chi connectivity index (χ1n) is 8.42. The third-order valence-electron chi connectivity index (χ3n) is 7.03. The summed E-state index contributed by atoms with van der Waals surface area (Å²) in [6.45, 7) is 10.7. The predicted molar refractivity (Wildman–Crippen MR) is 86.5 cm³/mol. The van der Waals surface area contributed by atoms with E-state index in [1.165, 1.54) is 6.42 Å². The fourth-order valence-electron chi connectivity index (χ4n) is 5.26. The first kappa shape index (κ1) is 14.3. The van der Waals surface area contributed by atoms with Crippen molar-refractivity contribution in [1.29, 1.82) is 0 Å². The fourth-order valence-corrected chi connectivity index (χ4v) is 5.26. The number of ketones is 1. The van der Waals surface area contributed by atoms with E-state index in [4.69, 9.17) is 4.74 Å². The molecule has 3 nitrogen and oxygen atoms in total. The van der Waals surface area contributed by atoms with E-state index in [2.05, 4.69) is 25.7 Å². The minimum atomic E-state index is -0.492. The van der Waals surface area contributed by atoms with Crippen molar-refractivity contribution in [3.63, 3.8) is 0 Å². The molecule has 22 heavy (non-hydrogen) atoms. The van der Waals surface area contributed by atoms with Gasteiger partial charge in [-0.2, -0.15) is 0 Å². The number of hydrogen-bond acceptors (Lipinski definition) is 3. The summed E-state index contributed by atoms with van der Waals surface area (Å²) < 4.78 is 6.50. The van der Waals surface area contributed by atoms with Crippen molar-refractivity contribution in [3.05, 3.63) is 29.3 Å². The van der Waals surface area contributed by atoms with Crippen LogP contribution in [0.15, 0.2) is 18.2 Å². The van der Waals surface area contributed by atoms with Crippen LogP contribution >= 0.6 is 0 Å². The molecular weight excluding hydrogens is 274 g/mol. The summed E-state index contributed by atoms with van der Waals surface area (Å²) >= 11 is 0. The Balaban J connectivity index is 1.97. The second kappa shape index (κ2) is 4.14. The number of ether oxygens (including phenoxy) is 1. The van der Waals surface area contributed by atoms with Crippen LogP contribution in [-0.4, -0.2) is 34.9 Å². The van der Waals surface area contributed by atoms with Gasteiger partial charge in [0.05, 0.1) is 11.0 Å². The van der Waals surface area contributed by atoms with Gasteiger partial charge in [0.1, 0.15) is 11.4 Å². The molecular formula is C19H25NO2. The monoisotopic (exact) mass is 299 g/mol. The molecule has 0 radical (unpaired) electrons. The third kappa shape index (κ3) is 1.39. The number of aryl methyl sites for hydroxylation is 1. The van der Waals surface area contributed by atoms with E-state index in [9.17, 15) is 4.79 Å². The van der Waals surface area contributed by atoms with E-state index in [-0.39, 0.29) is 11.3 Å². The van der Waals surface area contributed by atoms with E-state index in [1.54, 1.807) is 0 Å². The number of rotatable bonds is 0. The molecule has 3 aliphatic heterocycles. The van der Waals surface area contributed by atoms with Crippen molar-refractivity contribution in [2.45, 2.75) is 58.1 Å². The second-order valence-electron chi connectivity index (χ2n) is 7.85. The maximum Gasteiger partial charge on any atom is 0.178 e. The quantitative estimate of drug-likeness (QED) is 0.733. The zero-order valence-electron chi connectivity index (χ0n) is 14.0. The Morgan fingerprint density at radius 2 is 1.91 bits per heavy atom. The molecule has 0 bridgehead atoms. The van der Waals surface area contributed by atoms with E-state index in [0.717, 1.165) is 42.8 Å². The number of nitrogens with zero attached hydrogens (tertiary/aromatic N) is 1. The Morgan fingerprint density at radius 3 is 2.68 bits per heavy atom. The number of piperidine rings is 1. The van der Waals surface area contributed by atoms with Crippen LogP contribution in [0.25, 0.3) is 0 Å². The van der Waals surface area contributed by atoms with Gasteiger partial charge in [0.15, 0.2) is 5.78 Å². The number of Topliss-reactive ketones (excluding diaryl/α,β-unsaturated/α-hetero) is 1. The average Bonchev–Trinajstić information content (AvgIpc) is 2.85. The molecule has 0 unspecified atom stereocenters. The van der Waals surface area contributed by atoms with Gasteiger partial charge >= 0.3 is 0 Å². The van der Waals surface area contributed by atoms with Crippen LogP contribution in [0.1, 0.15) is 56.0 Å². The summed E-state index contributed by atoms with van der Waals surface area (Å²) in [6, 6.07) is 5.96. The molecule has 3 heteroatoms. The summed E-state index contributed by atoms with van der Waals surface area (Å²) in [7, 11) is 0. The van der Waals surface area contributed by atoms with Crippen LogP contribution in [0, 0.1) is 12.3 Å². The molecule has 2 fully saturated rings. The number of benzene rings is 1. The van der Waals surface area contributed by atoms with Crippen LogP contribution < -0.4 is 4.74 Å². The highest BCUT2D eigenvalue weighted by molar-refractivity contribution is 6.06. The van der Waals surface area contributed by atoms with E-state index in [0.29, 0.717) is 0 Å². The lowest BCUT2D eigenvalue weighted by atomic mass is 9.53. The molecule has 3 atom stereocenters. The molecule has 0 aromatic heterocycles. The summed E-state index contributed by atoms with van der Waals surface area (Å²) in [6.07, 6.45) is 3.17. The maximum absolute atomic E-state index is 13.6. The molecule has 0 saturated carbocycles. The predicted octanol–water partition coefficient (Wildman–Crippen LogP) is 3.59. The number of carbonyl (C=O) groups excluding carboxylic acids is 1. The van der Waals surface area contributed by atoms with Gasteiger partial charge in [0, 0.05) is 18.5 Å². The van der Waals surface area contributed by atoms with Crippen molar-refractivity contribution in [2.75, 3.05) is 13.1 Å². The van der Waals surface area contributed by atoms with Crippen molar-refractivity contribution < 1.29 is 9.53 Å². The normalized spacial score (nSPS) is 40.6. The standard InChI is InChI=1S/C19H25NO2/c1-13-7-5-8-14-15(13)16(21)19(4)17(2)9-6-11-20(17)12-10-18(19,3)22-14/h5,7-8H,6,9-12H2,1-4H3/t17-,18+,19-/m0/s1. The van der Waals surface area contributed by atoms with Gasteiger partial charge in [0.2, 0.25) is 0 Å². The maximum atomic E-state index is 13.6. The summed E-state index contributed by atoms with van der Waals surface area (Å²) in [5.41, 5.74) is 0.827. The van der Waals surface area contributed by atoms with Crippen LogP contribution in [0.2, 0.25) is 0 Å². The van der Waals surface area contributed by atoms with Gasteiger partial charge in [0.25, 0.3) is 0 Å². The smallest absolute Gasteiger partial charge is 0.178 e. The molecule has 118 valence electrons. The molecule has 0 N–H and O–H groups in total. The molecule has 3 heterocycles. The van der Waals surface area contributed by atoms with Crippen molar-refractivity contribution >= 4 is 5.78 Å². The van der Waals surface area contributed by atoms with Gasteiger partial charge in [-0.3, -0.25) is 9.69 Å². The first-order valence-corrected chi connectivity index (χ1v) is 8.42. The highest BCUT2D eigenvalue weighted by Crippen LogP contribution is 2.60. The van der Waals surface area contributed by atoms with Crippen LogP contribution in [0.5, 0.6) is 5.75 Å². The summed E-state index contributed by atoms with van der Waals surface area (Å²) in [4.78, 5) is 16.2. The minimum Gasteiger partial charge on any atom is -0.486 e. The average molecular weight is 299 g/mol. The Bertz CT molecular complexity index is 669. The molecule has 0 amide bonds. The van der Waals surface area contributed by atoms with E-state index >= 15 is 0 Å². The highest BCUT2D eigenvalue weighted by atomic mass is 16.5. The Kier molecular flexibility index (Phi) is 2.68. The largest absolute Gasteiger partial charge is 0.486 e. The Labute approximate surface area is 132 Å². The topological polar surface area (TPSA) is 29.5 Å². The first-order chi connectivity index (χ1) is 10.3. The number of carbonyl (C=O) groups is 1. The lowest BCUT2D eigenvalue weighted by Gasteiger charge is -2.62. The highest BCUT2D eigenvalue weighted by Gasteiger charge is 2.69. The lowest BCUT2D eigenvalue weighted by Crippen LogP contribution is -2.73. The van der Waals surface area contributed by atoms with Crippen molar-refractivity contribution in [1.82, 2.24) is 4.90 Å². The van der Waals surface area contributed by atoms with Crippen LogP contribution in [-0.2, 0) is 0 Å². The van der Waals surface area contributed by atoms with E-state index < -0.39 is 11.0 Å². The number of fused-ring (bicyclic) bond motifs is 4. The zero-order valence-corrected chi connectivity index (χ0v) is 14.0. The summed E-state index contributed by atoms with van der Waals surface area (Å²) in [5, 5.41) is 0. The molecule has 0 spiro atoms. The van der Waals surface area contributed by atoms with Gasteiger partial charge in [-0.1, -0.05) is 12.1 Å². The SMILES string of the molecule is Cc1cccc2c1C(=O)[C@]1(C)[C@@](C)(CCN3CCC[C@]31C)O2.